The van der Waals surface area contributed by atoms with Gasteiger partial charge in [-0.2, -0.15) is 13.2 Å². The Morgan fingerprint density at radius 2 is 1.84 bits per heavy atom. The minimum Gasteiger partial charge on any atom is -0.375 e. The zero-order valence-corrected chi connectivity index (χ0v) is 14.1. The van der Waals surface area contributed by atoms with Gasteiger partial charge in [0.1, 0.15) is 10.8 Å². The van der Waals surface area contributed by atoms with Gasteiger partial charge in [-0.05, 0) is 32.9 Å². The molecule has 0 aliphatic carbocycles. The molecule has 0 aliphatic heterocycles. The second-order valence-corrected chi connectivity index (χ2v) is 8.41. The highest BCUT2D eigenvalue weighted by molar-refractivity contribution is 7.93. The van der Waals surface area contributed by atoms with Gasteiger partial charge in [-0.1, -0.05) is 0 Å². The molecule has 1 amide bonds. The number of nitrogens with one attached hydrogen (secondary N) is 1. The number of hydrogen-bond donors (Lipinski definition) is 2. The van der Waals surface area contributed by atoms with Crippen LogP contribution in [0, 0.1) is 10.1 Å². The summed E-state index contributed by atoms with van der Waals surface area (Å²) in [6.07, 6.45) is -5.05. The first kappa shape index (κ1) is 20.8. The fourth-order valence-corrected chi connectivity index (χ4v) is 3.02. The first-order chi connectivity index (χ1) is 11.1. The summed E-state index contributed by atoms with van der Waals surface area (Å²) >= 11 is 0. The molecule has 0 bridgehead atoms. The molecule has 140 valence electrons. The number of nitro groups is 1. The lowest BCUT2D eigenvalue weighted by Crippen LogP contribution is -2.44. The monoisotopic (exact) mass is 384 g/mol. The quantitative estimate of drug-likeness (QED) is 0.591. The van der Waals surface area contributed by atoms with Crippen molar-refractivity contribution in [3.05, 3.63) is 33.9 Å². The minimum absolute atomic E-state index is 0.333. The fourth-order valence-electron chi connectivity index (χ4n) is 1.82. The van der Waals surface area contributed by atoms with Crippen molar-refractivity contribution < 1.29 is 36.4 Å². The van der Waals surface area contributed by atoms with Crippen LogP contribution in [-0.2, 0) is 20.8 Å². The molecule has 1 aromatic carbocycles. The highest BCUT2D eigenvalue weighted by atomic mass is 32.2. The maximum atomic E-state index is 12.9. The van der Waals surface area contributed by atoms with Crippen molar-refractivity contribution in [3.63, 3.8) is 0 Å². The zero-order valence-electron chi connectivity index (χ0n) is 13.3. The van der Waals surface area contributed by atoms with Crippen molar-refractivity contribution in [3.8, 4) is 0 Å². The molecule has 0 heterocycles. The van der Waals surface area contributed by atoms with Gasteiger partial charge < -0.3 is 10.4 Å². The molecule has 0 saturated carbocycles. The molecule has 1 atom stereocenters. The molecule has 1 unspecified atom stereocenters. The molecule has 2 N–H and O–H groups in total. The van der Waals surface area contributed by atoms with Crippen molar-refractivity contribution in [2.45, 2.75) is 37.1 Å². The number of nitro benzene ring substituents is 1. The van der Waals surface area contributed by atoms with Crippen molar-refractivity contribution in [2.24, 2.45) is 0 Å². The van der Waals surface area contributed by atoms with Crippen molar-refractivity contribution >= 4 is 27.1 Å². The van der Waals surface area contributed by atoms with Gasteiger partial charge in [-0.3, -0.25) is 14.9 Å². The lowest BCUT2D eigenvalue weighted by atomic mass is 10.1. The Morgan fingerprint density at radius 1 is 1.32 bits per heavy atom. The van der Waals surface area contributed by atoms with Gasteiger partial charge in [0.15, 0.2) is 14.8 Å². The van der Waals surface area contributed by atoms with E-state index in [0.29, 0.717) is 12.1 Å². The Morgan fingerprint density at radius 3 is 2.24 bits per heavy atom. The van der Waals surface area contributed by atoms with Crippen LogP contribution >= 0.6 is 0 Å². The maximum Gasteiger partial charge on any atom is 0.423 e. The van der Waals surface area contributed by atoms with Crippen LogP contribution in [0.1, 0.15) is 26.3 Å². The van der Waals surface area contributed by atoms with Crippen molar-refractivity contribution in [2.75, 3.05) is 5.32 Å². The number of benzene rings is 1. The van der Waals surface area contributed by atoms with Crippen LogP contribution in [0.4, 0.5) is 24.5 Å². The summed E-state index contributed by atoms with van der Waals surface area (Å²) in [7, 11) is -4.34. The Balaban J connectivity index is 3.20. The predicted octanol–water partition coefficient (Wildman–Crippen LogP) is 2.08. The Labute approximate surface area is 140 Å². The predicted molar refractivity (Wildman–Crippen MR) is 81.4 cm³/mol. The summed E-state index contributed by atoms with van der Waals surface area (Å²) in [5.74, 6) is -1.19. The number of anilines is 1. The third kappa shape index (κ3) is 4.45. The Hall–Kier alpha value is -2.21. The molecule has 25 heavy (non-hydrogen) atoms. The largest absolute Gasteiger partial charge is 0.423 e. The molecular weight excluding hydrogens is 369 g/mol. The third-order valence-corrected chi connectivity index (χ3v) is 5.83. The van der Waals surface area contributed by atoms with Crippen LogP contribution in [0.3, 0.4) is 0 Å². The summed E-state index contributed by atoms with van der Waals surface area (Å²) in [6.45, 7) is 2.85. The van der Waals surface area contributed by atoms with Crippen LogP contribution < -0.4 is 5.32 Å². The third-order valence-electron chi connectivity index (χ3n) is 3.30. The van der Waals surface area contributed by atoms with E-state index in [1.807, 2.05) is 5.32 Å². The van der Waals surface area contributed by atoms with Crippen LogP contribution in [0.25, 0.3) is 0 Å². The highest BCUT2D eigenvalue weighted by Crippen LogP contribution is 2.37. The number of nitrogens with zero attached hydrogens (tertiary/aromatic N) is 1. The molecule has 0 radical (unpaired) electrons. The average molecular weight is 384 g/mol. The molecule has 0 fully saturated rings. The van der Waals surface area contributed by atoms with Crippen LogP contribution in [0.5, 0.6) is 0 Å². The van der Waals surface area contributed by atoms with E-state index in [-0.39, 0.29) is 0 Å². The number of sulfone groups is 1. The molecule has 1 rings (SSSR count). The van der Waals surface area contributed by atoms with E-state index < -0.39 is 54.0 Å². The molecule has 1 aromatic rings. The molecule has 0 aromatic heterocycles. The lowest BCUT2D eigenvalue weighted by molar-refractivity contribution is -0.388. The maximum absolute atomic E-state index is 12.9. The van der Waals surface area contributed by atoms with E-state index in [9.17, 15) is 41.6 Å². The van der Waals surface area contributed by atoms with E-state index in [0.717, 1.165) is 26.8 Å². The highest BCUT2D eigenvalue weighted by Gasteiger charge is 2.41. The number of halogens is 3. The second-order valence-electron chi connectivity index (χ2n) is 5.61. The molecule has 8 nitrogen and oxygen atoms in total. The second kappa shape index (κ2) is 6.59. The Bertz CT molecular complexity index is 799. The van der Waals surface area contributed by atoms with E-state index in [1.54, 1.807) is 0 Å². The summed E-state index contributed by atoms with van der Waals surface area (Å²) in [6, 6.07) is 1.72. The summed E-state index contributed by atoms with van der Waals surface area (Å²) in [5, 5.41) is 20.4. The topological polar surface area (TPSA) is 127 Å². The van der Waals surface area contributed by atoms with Gasteiger partial charge in [0.25, 0.3) is 5.69 Å². The number of carbonyl (C=O) groups excluding carboxylic acids is 1. The van der Waals surface area contributed by atoms with Crippen LogP contribution in [0.2, 0.25) is 0 Å². The van der Waals surface area contributed by atoms with Gasteiger partial charge in [0, 0.05) is 11.8 Å². The summed E-state index contributed by atoms with van der Waals surface area (Å²) in [5.41, 5.74) is -3.27. The molecular formula is C13H15F3N2O6S. The normalized spacial score (nSPS) is 14.0. The average Bonchev–Trinajstić information content (AvgIpc) is 2.43. The van der Waals surface area contributed by atoms with Crippen LogP contribution in [0.15, 0.2) is 18.2 Å². The number of rotatable bonds is 5. The minimum atomic E-state index is -5.05. The number of hydrogen-bond acceptors (Lipinski definition) is 6. The smallest absolute Gasteiger partial charge is 0.375 e. The number of carbonyl (C=O) groups is 1. The summed E-state index contributed by atoms with van der Waals surface area (Å²) < 4.78 is 62.6. The first-order valence-corrected chi connectivity index (χ1v) is 8.26. The van der Waals surface area contributed by atoms with Gasteiger partial charge >= 0.3 is 6.18 Å². The van der Waals surface area contributed by atoms with E-state index in [1.165, 1.54) is 0 Å². The van der Waals surface area contributed by atoms with Gasteiger partial charge in [0.2, 0.25) is 5.91 Å². The Kier molecular flexibility index (Phi) is 5.50. The molecule has 0 saturated heterocycles. The van der Waals surface area contributed by atoms with E-state index in [2.05, 4.69) is 0 Å². The van der Waals surface area contributed by atoms with Gasteiger partial charge in [0.05, 0.1) is 4.92 Å². The summed E-state index contributed by atoms with van der Waals surface area (Å²) in [4.78, 5) is 19.2. The van der Waals surface area contributed by atoms with Gasteiger partial charge in [-0.15, -0.1) is 0 Å². The SMILES string of the molecule is CC(C(=O)Nc1ccc([N+](=O)[O-])c(C(F)(F)F)c1)S(=O)(=O)C(C)(C)O. The lowest BCUT2D eigenvalue weighted by Gasteiger charge is -2.22. The number of aliphatic hydroxyl groups is 1. The van der Waals surface area contributed by atoms with Gasteiger partial charge in [-0.25, -0.2) is 8.42 Å². The first-order valence-electron chi connectivity index (χ1n) is 6.71. The number of amides is 1. The van der Waals surface area contributed by atoms with Crippen molar-refractivity contribution in [1.82, 2.24) is 0 Å². The standard InChI is InChI=1S/C13H15F3N2O6S/c1-7(25(23,24)12(2,3)20)11(19)17-8-4-5-10(18(21)22)9(6-8)13(14,15)16/h4-7,20H,1-3H3,(H,17,19). The van der Waals surface area contributed by atoms with E-state index >= 15 is 0 Å². The van der Waals surface area contributed by atoms with E-state index in [4.69, 9.17) is 0 Å². The van der Waals surface area contributed by atoms with Crippen molar-refractivity contribution in [1.29, 1.82) is 0 Å². The zero-order chi connectivity index (χ0) is 19.8. The number of alkyl halides is 3. The molecule has 12 heteroatoms. The molecule has 0 spiro atoms. The van der Waals surface area contributed by atoms with Crippen LogP contribution in [-0.4, -0.2) is 34.5 Å². The molecule has 0 aliphatic rings. The fraction of sp³-hybridized carbons (Fsp3) is 0.462.